The summed E-state index contributed by atoms with van der Waals surface area (Å²) in [7, 11) is 3.66. The predicted octanol–water partition coefficient (Wildman–Crippen LogP) is 1.13. The van der Waals surface area contributed by atoms with Gasteiger partial charge < -0.3 is 18.6 Å². The maximum atomic E-state index is 5.63. The Morgan fingerprint density at radius 2 is 2.38 bits per heavy atom. The van der Waals surface area contributed by atoms with Crippen LogP contribution in [0.5, 0.6) is 0 Å². The zero-order valence-electron chi connectivity index (χ0n) is 12.4. The molecule has 1 fully saturated rings. The summed E-state index contributed by atoms with van der Waals surface area (Å²) in [5.74, 6) is 1.19. The van der Waals surface area contributed by atoms with E-state index < -0.39 is 0 Å². The Kier molecular flexibility index (Phi) is 4.33. The second kappa shape index (κ2) is 6.38. The van der Waals surface area contributed by atoms with Crippen LogP contribution in [-0.4, -0.2) is 46.5 Å². The number of rotatable bonds is 5. The molecule has 0 saturated carbocycles. The Hall–Kier alpha value is -1.70. The highest BCUT2D eigenvalue weighted by Gasteiger charge is 2.27. The number of nitrogens with zero attached hydrogens (tertiary/aromatic N) is 4. The number of aromatic nitrogens is 3. The summed E-state index contributed by atoms with van der Waals surface area (Å²) in [4.78, 5) is 6.66. The van der Waals surface area contributed by atoms with Crippen LogP contribution < -0.4 is 0 Å². The molecular formula is C14H20N4O3. The van der Waals surface area contributed by atoms with Crippen molar-refractivity contribution in [2.45, 2.75) is 19.2 Å². The fourth-order valence-corrected chi connectivity index (χ4v) is 2.64. The second-order valence-electron chi connectivity index (χ2n) is 5.14. The summed E-state index contributed by atoms with van der Waals surface area (Å²) < 4.78 is 17.9. The van der Waals surface area contributed by atoms with Crippen molar-refractivity contribution in [3.05, 3.63) is 35.7 Å². The zero-order chi connectivity index (χ0) is 14.7. The van der Waals surface area contributed by atoms with Gasteiger partial charge in [-0.1, -0.05) is 5.16 Å². The van der Waals surface area contributed by atoms with E-state index in [4.69, 9.17) is 14.0 Å². The van der Waals surface area contributed by atoms with E-state index in [-0.39, 0.29) is 6.04 Å². The average Bonchev–Trinajstić information content (AvgIpc) is 3.09. The molecule has 2 aromatic heterocycles. The SMILES string of the molecule is COCc1nc(CN2CCOCC2c2cccn2C)no1. The van der Waals surface area contributed by atoms with Crippen molar-refractivity contribution in [2.75, 3.05) is 26.9 Å². The van der Waals surface area contributed by atoms with E-state index in [1.165, 1.54) is 5.69 Å². The molecule has 1 atom stereocenters. The highest BCUT2D eigenvalue weighted by atomic mass is 16.5. The lowest BCUT2D eigenvalue weighted by Gasteiger charge is -2.35. The molecule has 2 aromatic rings. The van der Waals surface area contributed by atoms with Crippen LogP contribution in [-0.2, 0) is 29.7 Å². The van der Waals surface area contributed by atoms with Gasteiger partial charge >= 0.3 is 0 Å². The Bertz CT molecular complexity index is 580. The standard InChI is InChI=1S/C14H20N4O3/c1-17-5-3-4-11(17)12-9-20-7-6-18(12)8-13-15-14(10-19-2)21-16-13/h3-5,12H,6-10H2,1-2H3. The maximum absolute atomic E-state index is 5.63. The van der Waals surface area contributed by atoms with E-state index in [0.29, 0.717) is 31.5 Å². The molecule has 0 aliphatic carbocycles. The van der Waals surface area contributed by atoms with Gasteiger partial charge in [0, 0.05) is 32.6 Å². The third-order valence-corrected chi connectivity index (χ3v) is 3.69. The van der Waals surface area contributed by atoms with Gasteiger partial charge in [0.25, 0.3) is 5.89 Å². The van der Waals surface area contributed by atoms with Crippen LogP contribution in [0, 0.1) is 0 Å². The smallest absolute Gasteiger partial charge is 0.252 e. The highest BCUT2D eigenvalue weighted by molar-refractivity contribution is 5.13. The summed E-state index contributed by atoms with van der Waals surface area (Å²) in [5, 5.41) is 4.01. The summed E-state index contributed by atoms with van der Waals surface area (Å²) in [6.07, 6.45) is 2.05. The minimum Gasteiger partial charge on any atom is -0.378 e. The van der Waals surface area contributed by atoms with Crippen LogP contribution >= 0.6 is 0 Å². The van der Waals surface area contributed by atoms with Gasteiger partial charge in [-0.05, 0) is 12.1 Å². The fourth-order valence-electron chi connectivity index (χ4n) is 2.64. The first-order valence-corrected chi connectivity index (χ1v) is 7.01. The fraction of sp³-hybridized carbons (Fsp3) is 0.571. The lowest BCUT2D eigenvalue weighted by atomic mass is 10.1. The van der Waals surface area contributed by atoms with Gasteiger partial charge in [-0.15, -0.1) is 0 Å². The first-order valence-electron chi connectivity index (χ1n) is 7.01. The molecule has 3 rings (SSSR count). The first-order chi connectivity index (χ1) is 10.3. The quantitative estimate of drug-likeness (QED) is 0.823. The summed E-state index contributed by atoms with van der Waals surface area (Å²) in [6, 6.07) is 4.38. The van der Waals surface area contributed by atoms with Gasteiger partial charge in [0.2, 0.25) is 0 Å². The van der Waals surface area contributed by atoms with Gasteiger partial charge in [0.15, 0.2) is 5.82 Å². The molecule has 114 valence electrons. The number of hydrogen-bond acceptors (Lipinski definition) is 6. The molecule has 0 spiro atoms. The van der Waals surface area contributed by atoms with E-state index in [2.05, 4.69) is 25.7 Å². The second-order valence-corrected chi connectivity index (χ2v) is 5.14. The van der Waals surface area contributed by atoms with Crippen molar-refractivity contribution < 1.29 is 14.0 Å². The number of ether oxygens (including phenoxy) is 2. The molecule has 1 aliphatic heterocycles. The number of aryl methyl sites for hydroxylation is 1. The molecule has 0 amide bonds. The van der Waals surface area contributed by atoms with Gasteiger partial charge in [-0.3, -0.25) is 4.90 Å². The first kappa shape index (κ1) is 14.2. The van der Waals surface area contributed by atoms with Gasteiger partial charge in [-0.25, -0.2) is 0 Å². The van der Waals surface area contributed by atoms with Gasteiger partial charge in [0.05, 0.1) is 25.8 Å². The summed E-state index contributed by atoms with van der Waals surface area (Å²) in [6.45, 7) is 3.25. The molecule has 1 unspecified atom stereocenters. The lowest BCUT2D eigenvalue weighted by Crippen LogP contribution is -2.40. The normalized spacial score (nSPS) is 20.0. The molecule has 21 heavy (non-hydrogen) atoms. The van der Waals surface area contributed by atoms with Crippen molar-refractivity contribution in [2.24, 2.45) is 7.05 Å². The molecular weight excluding hydrogens is 272 g/mol. The number of morpholine rings is 1. The summed E-state index contributed by atoms with van der Waals surface area (Å²) in [5.41, 5.74) is 1.23. The van der Waals surface area contributed by atoms with E-state index in [1.54, 1.807) is 7.11 Å². The van der Waals surface area contributed by atoms with Crippen molar-refractivity contribution in [1.82, 2.24) is 19.6 Å². The Morgan fingerprint density at radius 1 is 1.48 bits per heavy atom. The van der Waals surface area contributed by atoms with Crippen LogP contribution in [0.4, 0.5) is 0 Å². The Balaban J connectivity index is 1.73. The monoisotopic (exact) mass is 292 g/mol. The molecule has 0 N–H and O–H groups in total. The number of hydrogen-bond donors (Lipinski definition) is 0. The Morgan fingerprint density at radius 3 is 3.14 bits per heavy atom. The molecule has 7 heteroatoms. The molecule has 7 nitrogen and oxygen atoms in total. The lowest BCUT2D eigenvalue weighted by molar-refractivity contribution is -0.0165. The molecule has 0 radical (unpaired) electrons. The largest absolute Gasteiger partial charge is 0.378 e. The highest BCUT2D eigenvalue weighted by Crippen LogP contribution is 2.25. The van der Waals surface area contributed by atoms with Crippen molar-refractivity contribution in [3.63, 3.8) is 0 Å². The van der Waals surface area contributed by atoms with Crippen LogP contribution in [0.15, 0.2) is 22.9 Å². The third-order valence-electron chi connectivity index (χ3n) is 3.69. The van der Waals surface area contributed by atoms with E-state index in [1.807, 2.05) is 19.3 Å². The van der Waals surface area contributed by atoms with Crippen LogP contribution in [0.25, 0.3) is 0 Å². The molecule has 1 saturated heterocycles. The average molecular weight is 292 g/mol. The van der Waals surface area contributed by atoms with E-state index >= 15 is 0 Å². The topological polar surface area (TPSA) is 65.6 Å². The van der Waals surface area contributed by atoms with Crippen LogP contribution in [0.1, 0.15) is 23.5 Å². The van der Waals surface area contributed by atoms with Crippen molar-refractivity contribution in [3.8, 4) is 0 Å². The summed E-state index contributed by atoms with van der Waals surface area (Å²) >= 11 is 0. The van der Waals surface area contributed by atoms with E-state index in [0.717, 1.165) is 13.2 Å². The van der Waals surface area contributed by atoms with Gasteiger partial charge in [0.1, 0.15) is 6.61 Å². The molecule has 3 heterocycles. The molecule has 1 aliphatic rings. The van der Waals surface area contributed by atoms with Crippen LogP contribution in [0.3, 0.4) is 0 Å². The Labute approximate surface area is 123 Å². The van der Waals surface area contributed by atoms with Crippen molar-refractivity contribution in [1.29, 1.82) is 0 Å². The van der Waals surface area contributed by atoms with Crippen LogP contribution in [0.2, 0.25) is 0 Å². The zero-order valence-corrected chi connectivity index (χ0v) is 12.4. The maximum Gasteiger partial charge on any atom is 0.252 e. The van der Waals surface area contributed by atoms with Gasteiger partial charge in [-0.2, -0.15) is 4.98 Å². The molecule has 0 aromatic carbocycles. The predicted molar refractivity (Wildman–Crippen MR) is 74.4 cm³/mol. The van der Waals surface area contributed by atoms with Crippen molar-refractivity contribution >= 4 is 0 Å². The molecule has 0 bridgehead atoms. The third kappa shape index (κ3) is 3.15. The minimum absolute atomic E-state index is 0.211. The van der Waals surface area contributed by atoms with E-state index in [9.17, 15) is 0 Å². The minimum atomic E-state index is 0.211. The number of methoxy groups -OCH3 is 1.